The third-order valence-electron chi connectivity index (χ3n) is 3.45. The van der Waals surface area contributed by atoms with Crippen molar-refractivity contribution in [2.45, 2.75) is 12.0 Å². The molecule has 1 unspecified atom stereocenters. The molecule has 2 aromatic rings. The third kappa shape index (κ3) is 3.31. The fourth-order valence-electron chi connectivity index (χ4n) is 2.31. The highest BCUT2D eigenvalue weighted by molar-refractivity contribution is 5.88. The van der Waals surface area contributed by atoms with Gasteiger partial charge in [0.2, 0.25) is 0 Å². The fourth-order valence-corrected chi connectivity index (χ4v) is 2.31. The molecule has 0 radical (unpaired) electrons. The van der Waals surface area contributed by atoms with Gasteiger partial charge in [0.15, 0.2) is 5.54 Å². The number of esters is 1. The summed E-state index contributed by atoms with van der Waals surface area (Å²) in [5.74, 6) is -0.397. The molecule has 3 heteroatoms. The Morgan fingerprint density at radius 3 is 2.27 bits per heavy atom. The number of methoxy groups -OCH3 is 1. The molecule has 0 fully saturated rings. The van der Waals surface area contributed by atoms with Crippen LogP contribution in [0.1, 0.15) is 17.5 Å². The Balaban J connectivity index is 2.51. The highest BCUT2D eigenvalue weighted by Gasteiger charge is 2.39. The van der Waals surface area contributed by atoms with Gasteiger partial charge in [0.05, 0.1) is 7.11 Å². The minimum atomic E-state index is -1.10. The van der Waals surface area contributed by atoms with E-state index in [2.05, 4.69) is 11.6 Å². The molecule has 0 N–H and O–H groups in total. The van der Waals surface area contributed by atoms with Crippen LogP contribution in [0.25, 0.3) is 0 Å². The number of carbonyl (C=O) groups excluding carboxylic acids is 1. The summed E-state index contributed by atoms with van der Waals surface area (Å²) in [7, 11) is 1.38. The van der Waals surface area contributed by atoms with Crippen molar-refractivity contribution in [2.75, 3.05) is 7.11 Å². The van der Waals surface area contributed by atoms with Gasteiger partial charge in [0.25, 0.3) is 0 Å². The highest BCUT2D eigenvalue weighted by Crippen LogP contribution is 2.31. The maximum atomic E-state index is 12.5. The second-order valence-electron chi connectivity index (χ2n) is 4.88. The summed E-state index contributed by atoms with van der Waals surface area (Å²) in [6.07, 6.45) is 3.76. The van der Waals surface area contributed by atoms with Gasteiger partial charge in [-0.1, -0.05) is 66.7 Å². The average molecular weight is 293 g/mol. The SMILES string of the molecule is C=CCC(/N=C/c1ccccc1)(C(=O)OC)c1ccccc1. The quantitative estimate of drug-likeness (QED) is 0.462. The van der Waals surface area contributed by atoms with Gasteiger partial charge >= 0.3 is 5.97 Å². The first kappa shape index (κ1) is 15.7. The van der Waals surface area contributed by atoms with Gasteiger partial charge in [-0.2, -0.15) is 0 Å². The van der Waals surface area contributed by atoms with E-state index in [1.807, 2.05) is 60.7 Å². The number of hydrogen-bond donors (Lipinski definition) is 0. The number of carbonyl (C=O) groups is 1. The molecule has 112 valence electrons. The number of aliphatic imine (C=N–C) groups is 1. The van der Waals surface area contributed by atoms with Crippen molar-refractivity contribution >= 4 is 12.2 Å². The standard InChI is InChI=1S/C19H19NO2/c1-3-14-19(18(21)22-2,17-12-8-5-9-13-17)20-15-16-10-6-4-7-11-16/h3-13,15H,1,14H2,2H3/b20-15+. The van der Waals surface area contributed by atoms with Crippen molar-refractivity contribution in [1.82, 2.24) is 0 Å². The Kier molecular flexibility index (Phi) is 5.26. The second kappa shape index (κ2) is 7.36. The van der Waals surface area contributed by atoms with Gasteiger partial charge in [0.1, 0.15) is 0 Å². The molecule has 0 aromatic heterocycles. The van der Waals surface area contributed by atoms with Gasteiger partial charge in [-0.3, -0.25) is 4.99 Å². The normalized spacial score (nSPS) is 13.5. The van der Waals surface area contributed by atoms with E-state index in [0.717, 1.165) is 11.1 Å². The van der Waals surface area contributed by atoms with Crippen LogP contribution >= 0.6 is 0 Å². The summed E-state index contributed by atoms with van der Waals surface area (Å²) >= 11 is 0. The maximum absolute atomic E-state index is 12.5. The van der Waals surface area contributed by atoms with Crippen molar-refractivity contribution in [3.05, 3.63) is 84.4 Å². The van der Waals surface area contributed by atoms with Crippen LogP contribution < -0.4 is 0 Å². The van der Waals surface area contributed by atoms with Crippen LogP contribution in [0, 0.1) is 0 Å². The van der Waals surface area contributed by atoms with Crippen molar-refractivity contribution < 1.29 is 9.53 Å². The van der Waals surface area contributed by atoms with E-state index in [9.17, 15) is 4.79 Å². The maximum Gasteiger partial charge on any atom is 0.338 e. The first-order valence-corrected chi connectivity index (χ1v) is 7.08. The zero-order chi connectivity index (χ0) is 15.8. The molecule has 0 heterocycles. The first-order chi connectivity index (χ1) is 10.7. The number of hydrogen-bond acceptors (Lipinski definition) is 3. The molecule has 1 atom stereocenters. The Bertz CT molecular complexity index is 650. The molecule has 2 rings (SSSR count). The Hall–Kier alpha value is -2.68. The Morgan fingerprint density at radius 1 is 1.14 bits per heavy atom. The molecular formula is C19H19NO2. The number of ether oxygens (including phenoxy) is 1. The van der Waals surface area contributed by atoms with Gasteiger partial charge in [0, 0.05) is 12.6 Å². The molecule has 3 nitrogen and oxygen atoms in total. The lowest BCUT2D eigenvalue weighted by Crippen LogP contribution is -2.35. The molecule has 2 aromatic carbocycles. The molecule has 0 amide bonds. The van der Waals surface area contributed by atoms with Crippen LogP contribution in [-0.4, -0.2) is 19.3 Å². The van der Waals surface area contributed by atoms with Crippen LogP contribution in [0.2, 0.25) is 0 Å². The smallest absolute Gasteiger partial charge is 0.338 e. The summed E-state index contributed by atoms with van der Waals surface area (Å²) in [6, 6.07) is 19.1. The summed E-state index contributed by atoms with van der Waals surface area (Å²) in [5, 5.41) is 0. The van der Waals surface area contributed by atoms with E-state index in [1.165, 1.54) is 7.11 Å². The van der Waals surface area contributed by atoms with Crippen molar-refractivity contribution in [1.29, 1.82) is 0 Å². The van der Waals surface area contributed by atoms with Crippen LogP contribution in [-0.2, 0) is 15.1 Å². The zero-order valence-electron chi connectivity index (χ0n) is 12.6. The van der Waals surface area contributed by atoms with Crippen LogP contribution in [0.4, 0.5) is 0 Å². The lowest BCUT2D eigenvalue weighted by atomic mass is 9.87. The van der Waals surface area contributed by atoms with E-state index in [-0.39, 0.29) is 0 Å². The van der Waals surface area contributed by atoms with Gasteiger partial charge in [-0.15, -0.1) is 6.58 Å². The van der Waals surface area contributed by atoms with E-state index < -0.39 is 11.5 Å². The summed E-state index contributed by atoms with van der Waals surface area (Å²) in [4.78, 5) is 17.0. The lowest BCUT2D eigenvalue weighted by molar-refractivity contribution is -0.147. The summed E-state index contributed by atoms with van der Waals surface area (Å²) in [5.41, 5.74) is 0.609. The molecule has 0 spiro atoms. The van der Waals surface area contributed by atoms with Crippen LogP contribution in [0.15, 0.2) is 78.3 Å². The van der Waals surface area contributed by atoms with Crippen molar-refractivity contribution in [3.63, 3.8) is 0 Å². The van der Waals surface area contributed by atoms with Crippen molar-refractivity contribution in [2.24, 2.45) is 4.99 Å². The average Bonchev–Trinajstić information content (AvgIpc) is 2.59. The molecule has 0 aliphatic heterocycles. The minimum Gasteiger partial charge on any atom is -0.467 e. The second-order valence-corrected chi connectivity index (χ2v) is 4.88. The van der Waals surface area contributed by atoms with Crippen LogP contribution in [0.3, 0.4) is 0 Å². The third-order valence-corrected chi connectivity index (χ3v) is 3.45. The Morgan fingerprint density at radius 2 is 1.73 bits per heavy atom. The number of nitrogens with zero attached hydrogens (tertiary/aromatic N) is 1. The first-order valence-electron chi connectivity index (χ1n) is 7.08. The van der Waals surface area contributed by atoms with E-state index in [1.54, 1.807) is 12.3 Å². The van der Waals surface area contributed by atoms with Crippen molar-refractivity contribution in [3.8, 4) is 0 Å². The Labute approximate surface area is 131 Å². The minimum absolute atomic E-state index is 0.368. The van der Waals surface area contributed by atoms with Gasteiger partial charge in [-0.25, -0.2) is 4.79 Å². The largest absolute Gasteiger partial charge is 0.467 e. The van der Waals surface area contributed by atoms with E-state index in [0.29, 0.717) is 6.42 Å². The number of rotatable bonds is 6. The van der Waals surface area contributed by atoms with Crippen LogP contribution in [0.5, 0.6) is 0 Å². The molecule has 22 heavy (non-hydrogen) atoms. The predicted octanol–water partition coefficient (Wildman–Crippen LogP) is 3.75. The monoisotopic (exact) mass is 293 g/mol. The molecule has 0 saturated carbocycles. The fraction of sp³-hybridized carbons (Fsp3) is 0.158. The molecule has 0 aliphatic carbocycles. The van der Waals surface area contributed by atoms with Gasteiger partial charge < -0.3 is 4.74 Å². The molecule has 0 aliphatic rings. The lowest BCUT2D eigenvalue weighted by Gasteiger charge is -2.26. The predicted molar refractivity (Wildman–Crippen MR) is 89.0 cm³/mol. The molecular weight excluding hydrogens is 274 g/mol. The van der Waals surface area contributed by atoms with Gasteiger partial charge in [-0.05, 0) is 11.1 Å². The molecule has 0 bridgehead atoms. The highest BCUT2D eigenvalue weighted by atomic mass is 16.5. The van der Waals surface area contributed by atoms with E-state index in [4.69, 9.17) is 4.74 Å². The summed E-state index contributed by atoms with van der Waals surface area (Å²) < 4.78 is 5.01. The molecule has 0 saturated heterocycles. The van der Waals surface area contributed by atoms with E-state index >= 15 is 0 Å². The zero-order valence-corrected chi connectivity index (χ0v) is 12.6. The number of benzene rings is 2. The topological polar surface area (TPSA) is 38.7 Å². The summed E-state index contributed by atoms with van der Waals surface area (Å²) in [6.45, 7) is 3.76.